The van der Waals surface area contributed by atoms with Gasteiger partial charge in [-0.3, -0.25) is 4.79 Å². The van der Waals surface area contributed by atoms with Gasteiger partial charge in [-0.25, -0.2) is 0 Å². The molecule has 6 heteroatoms. The first-order valence-corrected chi connectivity index (χ1v) is 7.77. The number of carbonyl (C=O) groups excluding carboxylic acids is 1. The van der Waals surface area contributed by atoms with Crippen molar-refractivity contribution in [3.8, 4) is 23.0 Å². The van der Waals surface area contributed by atoms with Gasteiger partial charge in [-0.1, -0.05) is 12.1 Å². The van der Waals surface area contributed by atoms with Crippen molar-refractivity contribution in [1.29, 1.82) is 0 Å². The van der Waals surface area contributed by atoms with Crippen LogP contribution >= 0.6 is 0 Å². The first-order chi connectivity index (χ1) is 12.1. The van der Waals surface area contributed by atoms with Gasteiger partial charge >= 0.3 is 5.97 Å². The van der Waals surface area contributed by atoms with Crippen LogP contribution in [-0.2, 0) is 9.53 Å². The number of carbonyl (C=O) groups is 1. The summed E-state index contributed by atoms with van der Waals surface area (Å²) >= 11 is 0. The summed E-state index contributed by atoms with van der Waals surface area (Å²) in [5.41, 5.74) is 1.57. The van der Waals surface area contributed by atoms with Crippen molar-refractivity contribution in [1.82, 2.24) is 0 Å². The summed E-state index contributed by atoms with van der Waals surface area (Å²) < 4.78 is 26.9. The molecule has 6 nitrogen and oxygen atoms in total. The van der Waals surface area contributed by atoms with Gasteiger partial charge in [0, 0.05) is 11.6 Å². The Morgan fingerprint density at radius 2 is 1.56 bits per heavy atom. The molecule has 1 heterocycles. The average molecular weight is 344 g/mol. The smallest absolute Gasteiger partial charge is 0.317 e. The molecule has 1 aliphatic rings. The molecule has 0 saturated carbocycles. The number of ether oxygens (including phenoxy) is 5. The summed E-state index contributed by atoms with van der Waals surface area (Å²) in [4.78, 5) is 12.4. The van der Waals surface area contributed by atoms with Crippen LogP contribution in [-0.4, -0.2) is 34.4 Å². The van der Waals surface area contributed by atoms with Crippen LogP contribution in [0.25, 0.3) is 0 Å². The van der Waals surface area contributed by atoms with E-state index in [4.69, 9.17) is 23.7 Å². The van der Waals surface area contributed by atoms with Crippen molar-refractivity contribution in [2.45, 2.75) is 12.0 Å². The predicted molar refractivity (Wildman–Crippen MR) is 90.7 cm³/mol. The van der Waals surface area contributed by atoms with Crippen molar-refractivity contribution in [2.75, 3.05) is 28.4 Å². The molecule has 25 heavy (non-hydrogen) atoms. The lowest BCUT2D eigenvalue weighted by Gasteiger charge is -2.18. The quantitative estimate of drug-likeness (QED) is 0.777. The molecule has 0 saturated heterocycles. The lowest BCUT2D eigenvalue weighted by atomic mass is 9.91. The van der Waals surface area contributed by atoms with E-state index < -0.39 is 12.0 Å². The standard InChI is InChI=1S/C19H20O6/c1-21-12-7-5-11(6-8-12)18-17(19(20)24-4)13-9-15(22-2)16(23-3)10-14(13)25-18/h5-10,17-18H,1-4H3/t17-,18+/m0/s1. The fourth-order valence-electron chi connectivity index (χ4n) is 3.02. The van der Waals surface area contributed by atoms with Crippen LogP contribution in [0.15, 0.2) is 36.4 Å². The fraction of sp³-hybridized carbons (Fsp3) is 0.316. The van der Waals surface area contributed by atoms with Crippen molar-refractivity contribution in [3.05, 3.63) is 47.5 Å². The van der Waals surface area contributed by atoms with E-state index in [0.717, 1.165) is 11.3 Å². The van der Waals surface area contributed by atoms with E-state index in [9.17, 15) is 4.79 Å². The largest absolute Gasteiger partial charge is 0.497 e. The zero-order chi connectivity index (χ0) is 18.0. The third-order valence-corrected chi connectivity index (χ3v) is 4.31. The van der Waals surface area contributed by atoms with E-state index in [1.807, 2.05) is 24.3 Å². The lowest BCUT2D eigenvalue weighted by molar-refractivity contribution is -0.144. The van der Waals surface area contributed by atoms with Gasteiger partial charge in [0.05, 0.1) is 28.4 Å². The van der Waals surface area contributed by atoms with Crippen LogP contribution < -0.4 is 18.9 Å². The van der Waals surface area contributed by atoms with E-state index in [2.05, 4.69) is 0 Å². The van der Waals surface area contributed by atoms with E-state index in [1.165, 1.54) is 7.11 Å². The Balaban J connectivity index is 2.06. The summed E-state index contributed by atoms with van der Waals surface area (Å²) in [5, 5.41) is 0. The summed E-state index contributed by atoms with van der Waals surface area (Å²) in [6, 6.07) is 10.9. The molecule has 0 bridgehead atoms. The minimum Gasteiger partial charge on any atom is -0.497 e. The molecule has 0 aromatic heterocycles. The minimum atomic E-state index is -0.590. The van der Waals surface area contributed by atoms with Crippen LogP contribution in [0.3, 0.4) is 0 Å². The van der Waals surface area contributed by atoms with Crippen LogP contribution in [0, 0.1) is 0 Å². The SMILES string of the molecule is COC(=O)[C@H]1c2cc(OC)c(OC)cc2O[C@@H]1c1ccc(OC)cc1. The Morgan fingerprint density at radius 1 is 0.920 bits per heavy atom. The van der Waals surface area contributed by atoms with Gasteiger partial charge in [-0.15, -0.1) is 0 Å². The van der Waals surface area contributed by atoms with E-state index in [0.29, 0.717) is 22.8 Å². The number of methoxy groups -OCH3 is 4. The topological polar surface area (TPSA) is 63.2 Å². The van der Waals surface area contributed by atoms with Crippen LogP contribution in [0.1, 0.15) is 23.1 Å². The molecular formula is C19H20O6. The van der Waals surface area contributed by atoms with E-state index >= 15 is 0 Å². The number of hydrogen-bond acceptors (Lipinski definition) is 6. The molecular weight excluding hydrogens is 324 g/mol. The van der Waals surface area contributed by atoms with Gasteiger partial charge in [0.15, 0.2) is 11.5 Å². The molecule has 0 spiro atoms. The zero-order valence-corrected chi connectivity index (χ0v) is 14.6. The summed E-state index contributed by atoms with van der Waals surface area (Å²) in [6.45, 7) is 0. The highest BCUT2D eigenvalue weighted by atomic mass is 16.5. The van der Waals surface area contributed by atoms with Crippen molar-refractivity contribution in [3.63, 3.8) is 0 Å². The molecule has 2 aromatic carbocycles. The molecule has 2 aromatic rings. The molecule has 0 fully saturated rings. The Labute approximate surface area is 146 Å². The lowest BCUT2D eigenvalue weighted by Crippen LogP contribution is -2.20. The molecule has 0 N–H and O–H groups in total. The maximum absolute atomic E-state index is 12.4. The number of esters is 1. The highest BCUT2D eigenvalue weighted by molar-refractivity contribution is 5.82. The molecule has 0 radical (unpaired) electrons. The van der Waals surface area contributed by atoms with Crippen LogP contribution in [0.5, 0.6) is 23.0 Å². The zero-order valence-electron chi connectivity index (χ0n) is 14.6. The maximum atomic E-state index is 12.4. The molecule has 0 amide bonds. The highest BCUT2D eigenvalue weighted by Crippen LogP contribution is 2.50. The van der Waals surface area contributed by atoms with Crippen LogP contribution in [0.2, 0.25) is 0 Å². The molecule has 0 unspecified atom stereocenters. The van der Waals surface area contributed by atoms with Crippen molar-refractivity contribution >= 4 is 5.97 Å². The third-order valence-electron chi connectivity index (χ3n) is 4.31. The molecule has 132 valence electrons. The summed E-state index contributed by atoms with van der Waals surface area (Å²) in [7, 11) is 6.07. The van der Waals surface area contributed by atoms with Gasteiger partial charge in [0.2, 0.25) is 0 Å². The predicted octanol–water partition coefficient (Wildman–Crippen LogP) is 3.10. The number of rotatable bonds is 5. The van der Waals surface area contributed by atoms with Crippen LogP contribution in [0.4, 0.5) is 0 Å². The molecule has 2 atom stereocenters. The second kappa shape index (κ2) is 6.93. The Hall–Kier alpha value is -2.89. The third kappa shape index (κ3) is 2.95. The first kappa shape index (κ1) is 17.0. The second-order valence-corrected chi connectivity index (χ2v) is 5.56. The van der Waals surface area contributed by atoms with Crippen molar-refractivity contribution < 1.29 is 28.5 Å². The van der Waals surface area contributed by atoms with Gasteiger partial charge in [-0.05, 0) is 23.8 Å². The fourth-order valence-corrected chi connectivity index (χ4v) is 3.02. The highest BCUT2D eigenvalue weighted by Gasteiger charge is 2.42. The Morgan fingerprint density at radius 3 is 2.12 bits per heavy atom. The van der Waals surface area contributed by atoms with Crippen molar-refractivity contribution in [2.24, 2.45) is 0 Å². The van der Waals surface area contributed by atoms with Gasteiger partial charge < -0.3 is 23.7 Å². The summed E-state index contributed by atoms with van der Waals surface area (Å²) in [6.07, 6.45) is -0.495. The Kier molecular flexibility index (Phi) is 4.70. The Bertz CT molecular complexity index is 768. The van der Waals surface area contributed by atoms with E-state index in [1.54, 1.807) is 33.5 Å². The maximum Gasteiger partial charge on any atom is 0.317 e. The van der Waals surface area contributed by atoms with Gasteiger partial charge in [0.1, 0.15) is 23.5 Å². The van der Waals surface area contributed by atoms with Gasteiger partial charge in [0.25, 0.3) is 0 Å². The number of hydrogen-bond donors (Lipinski definition) is 0. The number of fused-ring (bicyclic) bond motifs is 1. The molecule has 0 aliphatic carbocycles. The number of benzene rings is 2. The molecule has 1 aliphatic heterocycles. The minimum absolute atomic E-state index is 0.369. The average Bonchev–Trinajstić information content (AvgIpc) is 3.04. The normalized spacial score (nSPS) is 18.1. The first-order valence-electron chi connectivity index (χ1n) is 7.77. The second-order valence-electron chi connectivity index (χ2n) is 5.56. The monoisotopic (exact) mass is 344 g/mol. The van der Waals surface area contributed by atoms with E-state index in [-0.39, 0.29) is 5.97 Å². The summed E-state index contributed by atoms with van der Waals surface area (Å²) in [5.74, 6) is 1.43. The van der Waals surface area contributed by atoms with Gasteiger partial charge in [-0.2, -0.15) is 0 Å². The molecule has 3 rings (SSSR count).